The Balaban J connectivity index is 2.31. The summed E-state index contributed by atoms with van der Waals surface area (Å²) in [5.74, 6) is 0.128. The Kier molecular flexibility index (Phi) is 2.81. The van der Waals surface area contributed by atoms with Crippen molar-refractivity contribution in [3.63, 3.8) is 0 Å². The second kappa shape index (κ2) is 4.10. The minimum atomic E-state index is -0.300. The van der Waals surface area contributed by atoms with E-state index in [1.165, 1.54) is 6.33 Å². The normalized spacial score (nSPS) is 21.8. The van der Waals surface area contributed by atoms with Crippen molar-refractivity contribution in [2.75, 3.05) is 24.5 Å². The van der Waals surface area contributed by atoms with Gasteiger partial charge in [-0.1, -0.05) is 0 Å². The second-order valence-corrected chi connectivity index (χ2v) is 3.84. The molecule has 1 unspecified atom stereocenters. The maximum Gasteiger partial charge on any atom is 0.186 e. The van der Waals surface area contributed by atoms with Crippen LogP contribution in [0.5, 0.6) is 0 Å². The van der Waals surface area contributed by atoms with Crippen LogP contribution in [0.1, 0.15) is 12.6 Å². The van der Waals surface area contributed by atoms with Crippen LogP contribution in [0.4, 0.5) is 10.2 Å². The van der Waals surface area contributed by atoms with Gasteiger partial charge in [0.2, 0.25) is 0 Å². The zero-order chi connectivity index (χ0) is 10.8. The quantitative estimate of drug-likeness (QED) is 0.741. The minimum Gasteiger partial charge on any atom is -0.349 e. The maximum atomic E-state index is 13.8. The molecule has 0 saturated carbocycles. The first-order valence-corrected chi connectivity index (χ1v) is 5.14. The van der Waals surface area contributed by atoms with Gasteiger partial charge in [0, 0.05) is 25.7 Å². The van der Waals surface area contributed by atoms with E-state index in [9.17, 15) is 4.39 Å². The molecule has 15 heavy (non-hydrogen) atoms. The van der Waals surface area contributed by atoms with Crippen LogP contribution in [0.15, 0.2) is 6.33 Å². The third-order valence-corrected chi connectivity index (χ3v) is 2.72. The van der Waals surface area contributed by atoms with E-state index in [4.69, 9.17) is 0 Å². The molecule has 2 rings (SSSR count). The van der Waals surface area contributed by atoms with Crippen molar-refractivity contribution in [3.8, 4) is 0 Å². The summed E-state index contributed by atoms with van der Waals surface area (Å²) in [6.45, 7) is 6.24. The zero-order valence-corrected chi connectivity index (χ0v) is 9.00. The standard InChI is InChI=1S/C10H15FN4/c1-7-5-12-3-4-15(7)10-9(11)8(2)13-6-14-10/h6-7,12H,3-5H2,1-2H3. The van der Waals surface area contributed by atoms with Gasteiger partial charge in [-0.15, -0.1) is 0 Å². The van der Waals surface area contributed by atoms with E-state index in [1.54, 1.807) is 6.92 Å². The van der Waals surface area contributed by atoms with Gasteiger partial charge >= 0.3 is 0 Å². The lowest BCUT2D eigenvalue weighted by Gasteiger charge is -2.35. The molecule has 1 aromatic heterocycles. The fourth-order valence-corrected chi connectivity index (χ4v) is 1.80. The number of nitrogens with zero attached hydrogens (tertiary/aromatic N) is 3. The highest BCUT2D eigenvalue weighted by molar-refractivity contribution is 5.42. The van der Waals surface area contributed by atoms with Crippen molar-refractivity contribution in [1.29, 1.82) is 0 Å². The molecule has 1 aromatic rings. The van der Waals surface area contributed by atoms with E-state index in [-0.39, 0.29) is 11.9 Å². The van der Waals surface area contributed by atoms with Crippen LogP contribution in [0.2, 0.25) is 0 Å². The minimum absolute atomic E-state index is 0.266. The molecule has 1 atom stereocenters. The van der Waals surface area contributed by atoms with Gasteiger partial charge in [0.05, 0.1) is 5.69 Å². The number of halogens is 1. The molecule has 1 aliphatic heterocycles. The van der Waals surface area contributed by atoms with Crippen molar-refractivity contribution in [3.05, 3.63) is 17.8 Å². The van der Waals surface area contributed by atoms with E-state index < -0.39 is 0 Å². The van der Waals surface area contributed by atoms with Gasteiger partial charge < -0.3 is 10.2 Å². The van der Waals surface area contributed by atoms with Crippen LogP contribution >= 0.6 is 0 Å². The molecule has 2 heterocycles. The number of aromatic nitrogens is 2. The van der Waals surface area contributed by atoms with E-state index in [1.807, 2.05) is 4.90 Å². The molecule has 5 heteroatoms. The summed E-state index contributed by atoms with van der Waals surface area (Å²) in [7, 11) is 0. The van der Waals surface area contributed by atoms with Crippen LogP contribution in [-0.2, 0) is 0 Å². The third-order valence-electron chi connectivity index (χ3n) is 2.72. The molecular formula is C10H15FN4. The van der Waals surface area contributed by atoms with E-state index in [0.29, 0.717) is 11.5 Å². The molecule has 1 aliphatic rings. The Labute approximate surface area is 88.5 Å². The Morgan fingerprint density at radius 3 is 3.07 bits per heavy atom. The van der Waals surface area contributed by atoms with Gasteiger partial charge in [0.25, 0.3) is 0 Å². The van der Waals surface area contributed by atoms with Gasteiger partial charge in [0.15, 0.2) is 11.6 Å². The molecule has 0 aromatic carbocycles. The number of anilines is 1. The molecular weight excluding hydrogens is 195 g/mol. The number of hydrogen-bond acceptors (Lipinski definition) is 4. The van der Waals surface area contributed by atoms with Gasteiger partial charge in [-0.05, 0) is 13.8 Å². The summed E-state index contributed by atoms with van der Waals surface area (Å²) >= 11 is 0. The summed E-state index contributed by atoms with van der Waals surface area (Å²) in [5.41, 5.74) is 0.408. The Bertz CT molecular complexity index is 355. The zero-order valence-electron chi connectivity index (χ0n) is 9.00. The lowest BCUT2D eigenvalue weighted by Crippen LogP contribution is -2.50. The lowest BCUT2D eigenvalue weighted by atomic mass is 10.2. The van der Waals surface area contributed by atoms with Crippen molar-refractivity contribution in [1.82, 2.24) is 15.3 Å². The summed E-state index contributed by atoms with van der Waals surface area (Å²) < 4.78 is 13.8. The molecule has 1 saturated heterocycles. The Hall–Kier alpha value is -1.23. The molecule has 0 bridgehead atoms. The molecule has 0 amide bonds. The fourth-order valence-electron chi connectivity index (χ4n) is 1.80. The highest BCUT2D eigenvalue weighted by Gasteiger charge is 2.22. The fraction of sp³-hybridized carbons (Fsp3) is 0.600. The number of rotatable bonds is 1. The maximum absolute atomic E-state index is 13.8. The molecule has 1 fully saturated rings. The topological polar surface area (TPSA) is 41.1 Å². The number of aryl methyl sites for hydroxylation is 1. The molecule has 0 radical (unpaired) electrons. The van der Waals surface area contributed by atoms with Crippen LogP contribution in [0, 0.1) is 12.7 Å². The second-order valence-electron chi connectivity index (χ2n) is 3.84. The summed E-state index contributed by atoms with van der Waals surface area (Å²) in [6.07, 6.45) is 1.42. The van der Waals surface area contributed by atoms with Crippen molar-refractivity contribution < 1.29 is 4.39 Å². The largest absolute Gasteiger partial charge is 0.349 e. The Morgan fingerprint density at radius 1 is 1.53 bits per heavy atom. The van der Waals surface area contributed by atoms with Gasteiger partial charge in [-0.2, -0.15) is 0 Å². The number of piperazine rings is 1. The van der Waals surface area contributed by atoms with Crippen molar-refractivity contribution in [2.24, 2.45) is 0 Å². The van der Waals surface area contributed by atoms with Crippen LogP contribution in [-0.4, -0.2) is 35.6 Å². The van der Waals surface area contributed by atoms with Crippen LogP contribution < -0.4 is 10.2 Å². The highest BCUT2D eigenvalue weighted by atomic mass is 19.1. The predicted octanol–water partition coefficient (Wildman–Crippen LogP) is 0.722. The summed E-state index contributed by atoms with van der Waals surface area (Å²) in [4.78, 5) is 9.84. The summed E-state index contributed by atoms with van der Waals surface area (Å²) in [5, 5.41) is 3.26. The van der Waals surface area contributed by atoms with E-state index >= 15 is 0 Å². The number of hydrogen-bond donors (Lipinski definition) is 1. The van der Waals surface area contributed by atoms with Crippen molar-refractivity contribution in [2.45, 2.75) is 19.9 Å². The first-order chi connectivity index (χ1) is 7.20. The van der Waals surface area contributed by atoms with Gasteiger partial charge in [-0.3, -0.25) is 0 Å². The SMILES string of the molecule is Cc1ncnc(N2CCNCC2C)c1F. The average Bonchev–Trinajstić information content (AvgIpc) is 2.23. The molecule has 82 valence electrons. The first kappa shape index (κ1) is 10.3. The third kappa shape index (κ3) is 1.92. The van der Waals surface area contributed by atoms with Crippen LogP contribution in [0.3, 0.4) is 0 Å². The lowest BCUT2D eigenvalue weighted by molar-refractivity contribution is 0.483. The van der Waals surface area contributed by atoms with Gasteiger partial charge in [0.1, 0.15) is 6.33 Å². The highest BCUT2D eigenvalue weighted by Crippen LogP contribution is 2.20. The van der Waals surface area contributed by atoms with E-state index in [2.05, 4.69) is 22.2 Å². The molecule has 0 aliphatic carbocycles. The monoisotopic (exact) mass is 210 g/mol. The predicted molar refractivity (Wildman–Crippen MR) is 56.4 cm³/mol. The molecule has 1 N–H and O–H groups in total. The van der Waals surface area contributed by atoms with E-state index in [0.717, 1.165) is 19.6 Å². The average molecular weight is 210 g/mol. The van der Waals surface area contributed by atoms with Gasteiger partial charge in [-0.25, -0.2) is 14.4 Å². The first-order valence-electron chi connectivity index (χ1n) is 5.14. The number of nitrogens with one attached hydrogen (secondary N) is 1. The molecule has 0 spiro atoms. The summed E-state index contributed by atoms with van der Waals surface area (Å²) in [6, 6.07) is 0.266. The Morgan fingerprint density at radius 2 is 2.33 bits per heavy atom. The van der Waals surface area contributed by atoms with Crippen molar-refractivity contribution >= 4 is 5.82 Å². The smallest absolute Gasteiger partial charge is 0.186 e. The molecule has 4 nitrogen and oxygen atoms in total. The van der Waals surface area contributed by atoms with Crippen LogP contribution in [0.25, 0.3) is 0 Å².